The van der Waals surface area contributed by atoms with E-state index in [1.807, 2.05) is 36.4 Å². The van der Waals surface area contributed by atoms with Crippen molar-refractivity contribution < 1.29 is 5.11 Å². The van der Waals surface area contributed by atoms with E-state index >= 15 is 0 Å². The first-order valence-corrected chi connectivity index (χ1v) is 6.88. The Kier molecular flexibility index (Phi) is 3.37. The van der Waals surface area contributed by atoms with Crippen LogP contribution in [-0.2, 0) is 0 Å². The van der Waals surface area contributed by atoms with Crippen LogP contribution < -0.4 is 0 Å². The fourth-order valence-corrected chi connectivity index (χ4v) is 2.90. The molecule has 0 aromatic heterocycles. The van der Waals surface area contributed by atoms with Gasteiger partial charge in [0.1, 0.15) is 5.76 Å². The zero-order valence-corrected chi connectivity index (χ0v) is 10.9. The summed E-state index contributed by atoms with van der Waals surface area (Å²) in [4.78, 5) is 0. The SMILES string of the molecule is OC1=C(c2ccccc2)CCC[C@@H]1c1ccccc1. The molecule has 0 fully saturated rings. The van der Waals surface area contributed by atoms with Gasteiger partial charge in [0.25, 0.3) is 0 Å². The van der Waals surface area contributed by atoms with Crippen molar-refractivity contribution in [1.29, 1.82) is 0 Å². The molecule has 2 aromatic carbocycles. The van der Waals surface area contributed by atoms with Crippen LogP contribution >= 0.6 is 0 Å². The molecule has 1 atom stereocenters. The van der Waals surface area contributed by atoms with Gasteiger partial charge in [0.15, 0.2) is 0 Å². The summed E-state index contributed by atoms with van der Waals surface area (Å²) in [5.41, 5.74) is 3.48. The fourth-order valence-electron chi connectivity index (χ4n) is 2.90. The molecule has 0 heterocycles. The Bertz CT molecular complexity index is 569. The molecule has 2 aromatic rings. The highest BCUT2D eigenvalue weighted by Crippen LogP contribution is 2.39. The molecule has 0 saturated carbocycles. The molecule has 1 aliphatic carbocycles. The smallest absolute Gasteiger partial charge is 0.103 e. The molecule has 0 saturated heterocycles. The van der Waals surface area contributed by atoms with Crippen LogP contribution in [0, 0.1) is 0 Å². The molecule has 0 amide bonds. The second-order valence-electron chi connectivity index (χ2n) is 5.09. The second kappa shape index (κ2) is 5.31. The lowest BCUT2D eigenvalue weighted by Crippen LogP contribution is -2.10. The van der Waals surface area contributed by atoms with E-state index in [4.69, 9.17) is 0 Å². The monoisotopic (exact) mass is 250 g/mol. The van der Waals surface area contributed by atoms with Crippen molar-refractivity contribution in [2.45, 2.75) is 25.2 Å². The first-order chi connectivity index (χ1) is 9.36. The standard InChI is InChI=1S/C18H18O/c19-18-16(14-8-3-1-4-9-14)12-7-13-17(18)15-10-5-2-6-11-15/h1-6,8-11,16,19H,7,12-13H2/t16-/m1/s1. The van der Waals surface area contributed by atoms with Crippen molar-refractivity contribution in [2.75, 3.05) is 0 Å². The number of hydrogen-bond acceptors (Lipinski definition) is 1. The Morgan fingerprint density at radius 2 is 1.47 bits per heavy atom. The minimum absolute atomic E-state index is 0.158. The van der Waals surface area contributed by atoms with E-state index in [0.717, 1.165) is 30.4 Å². The third kappa shape index (κ3) is 2.41. The molecule has 1 heteroatoms. The largest absolute Gasteiger partial charge is 0.511 e. The lowest BCUT2D eigenvalue weighted by molar-refractivity contribution is 0.348. The van der Waals surface area contributed by atoms with E-state index in [1.165, 1.54) is 5.56 Å². The predicted molar refractivity (Wildman–Crippen MR) is 79.0 cm³/mol. The van der Waals surface area contributed by atoms with Gasteiger partial charge >= 0.3 is 0 Å². The van der Waals surface area contributed by atoms with E-state index in [2.05, 4.69) is 24.3 Å². The first kappa shape index (κ1) is 12.0. The lowest BCUT2D eigenvalue weighted by Gasteiger charge is -2.25. The van der Waals surface area contributed by atoms with Crippen LogP contribution in [0.15, 0.2) is 66.4 Å². The molecule has 0 aliphatic heterocycles. The van der Waals surface area contributed by atoms with Gasteiger partial charge in [0.05, 0.1) is 0 Å². The van der Waals surface area contributed by atoms with Gasteiger partial charge in [0, 0.05) is 5.92 Å². The van der Waals surface area contributed by atoms with Crippen LogP contribution in [0.1, 0.15) is 36.3 Å². The highest BCUT2D eigenvalue weighted by Gasteiger charge is 2.24. The van der Waals surface area contributed by atoms with Gasteiger partial charge < -0.3 is 5.11 Å². The predicted octanol–water partition coefficient (Wildman–Crippen LogP) is 4.92. The summed E-state index contributed by atoms with van der Waals surface area (Å²) in [7, 11) is 0. The summed E-state index contributed by atoms with van der Waals surface area (Å²) in [6, 6.07) is 20.5. The van der Waals surface area contributed by atoms with Gasteiger partial charge in [-0.25, -0.2) is 0 Å². The summed E-state index contributed by atoms with van der Waals surface area (Å²) < 4.78 is 0. The van der Waals surface area contributed by atoms with E-state index < -0.39 is 0 Å². The van der Waals surface area contributed by atoms with Crippen LogP contribution in [0.5, 0.6) is 0 Å². The molecule has 1 nitrogen and oxygen atoms in total. The Labute approximate surface area is 114 Å². The molecule has 1 aliphatic rings. The summed E-state index contributed by atoms with van der Waals surface area (Å²) in [6.07, 6.45) is 3.14. The Hall–Kier alpha value is -2.02. The van der Waals surface area contributed by atoms with Crippen molar-refractivity contribution in [3.63, 3.8) is 0 Å². The average Bonchev–Trinajstić information content (AvgIpc) is 2.49. The van der Waals surface area contributed by atoms with Crippen molar-refractivity contribution in [3.05, 3.63) is 77.5 Å². The summed E-state index contributed by atoms with van der Waals surface area (Å²) in [5, 5.41) is 10.6. The number of aliphatic hydroxyl groups excluding tert-OH is 1. The van der Waals surface area contributed by atoms with Crippen LogP contribution in [-0.4, -0.2) is 5.11 Å². The molecule has 0 bridgehead atoms. The van der Waals surface area contributed by atoms with Crippen LogP contribution in [0.4, 0.5) is 0 Å². The third-order valence-electron chi connectivity index (χ3n) is 3.88. The van der Waals surface area contributed by atoms with Gasteiger partial charge in [-0.05, 0) is 36.0 Å². The zero-order valence-electron chi connectivity index (χ0n) is 10.9. The van der Waals surface area contributed by atoms with Crippen molar-refractivity contribution >= 4 is 5.57 Å². The van der Waals surface area contributed by atoms with E-state index in [1.54, 1.807) is 0 Å². The summed E-state index contributed by atoms with van der Waals surface area (Å²) in [5.74, 6) is 0.716. The van der Waals surface area contributed by atoms with Gasteiger partial charge in [-0.1, -0.05) is 60.7 Å². The maximum absolute atomic E-state index is 10.6. The van der Waals surface area contributed by atoms with Crippen molar-refractivity contribution in [3.8, 4) is 0 Å². The minimum atomic E-state index is 0.158. The normalized spacial score (nSPS) is 19.5. The van der Waals surface area contributed by atoms with Crippen LogP contribution in [0.3, 0.4) is 0 Å². The molecule has 96 valence electrons. The summed E-state index contributed by atoms with van der Waals surface area (Å²) >= 11 is 0. The van der Waals surface area contributed by atoms with E-state index in [9.17, 15) is 5.11 Å². The van der Waals surface area contributed by atoms with E-state index in [-0.39, 0.29) is 5.92 Å². The number of benzene rings is 2. The Balaban J connectivity index is 2.01. The minimum Gasteiger partial charge on any atom is -0.511 e. The van der Waals surface area contributed by atoms with Crippen molar-refractivity contribution in [2.24, 2.45) is 0 Å². The Morgan fingerprint density at radius 3 is 2.16 bits per heavy atom. The van der Waals surface area contributed by atoms with Gasteiger partial charge in [-0.3, -0.25) is 0 Å². The zero-order chi connectivity index (χ0) is 13.1. The molecule has 0 unspecified atom stereocenters. The van der Waals surface area contributed by atoms with Crippen LogP contribution in [0.2, 0.25) is 0 Å². The second-order valence-corrected chi connectivity index (χ2v) is 5.09. The average molecular weight is 250 g/mol. The third-order valence-corrected chi connectivity index (χ3v) is 3.88. The molecule has 0 radical (unpaired) electrons. The molecule has 19 heavy (non-hydrogen) atoms. The maximum atomic E-state index is 10.6. The Morgan fingerprint density at radius 1 is 0.842 bits per heavy atom. The topological polar surface area (TPSA) is 20.2 Å². The summed E-state index contributed by atoms with van der Waals surface area (Å²) in [6.45, 7) is 0. The fraction of sp³-hybridized carbons (Fsp3) is 0.222. The first-order valence-electron chi connectivity index (χ1n) is 6.88. The maximum Gasteiger partial charge on any atom is 0.103 e. The molecule has 0 spiro atoms. The number of hydrogen-bond donors (Lipinski definition) is 1. The molecule has 3 rings (SSSR count). The number of rotatable bonds is 2. The highest BCUT2D eigenvalue weighted by molar-refractivity contribution is 5.69. The number of aliphatic hydroxyl groups is 1. The van der Waals surface area contributed by atoms with Crippen molar-refractivity contribution in [1.82, 2.24) is 0 Å². The highest BCUT2D eigenvalue weighted by atomic mass is 16.3. The molecular formula is C18H18O. The molecule has 1 N–H and O–H groups in total. The number of allylic oxidation sites excluding steroid dienone is 2. The quantitative estimate of drug-likeness (QED) is 0.801. The van der Waals surface area contributed by atoms with Gasteiger partial charge in [0.2, 0.25) is 0 Å². The van der Waals surface area contributed by atoms with Crippen LogP contribution in [0.25, 0.3) is 5.57 Å². The van der Waals surface area contributed by atoms with E-state index in [0.29, 0.717) is 5.76 Å². The lowest BCUT2D eigenvalue weighted by atomic mass is 9.81. The van der Waals surface area contributed by atoms with Gasteiger partial charge in [-0.15, -0.1) is 0 Å². The molecular weight excluding hydrogens is 232 g/mol. The van der Waals surface area contributed by atoms with Gasteiger partial charge in [-0.2, -0.15) is 0 Å².